The van der Waals surface area contributed by atoms with Gasteiger partial charge in [0.25, 0.3) is 0 Å². The van der Waals surface area contributed by atoms with Crippen molar-refractivity contribution in [3.63, 3.8) is 0 Å². The number of methoxy groups -OCH3 is 1. The Labute approximate surface area is 198 Å². The zero-order chi connectivity index (χ0) is 22.1. The van der Waals surface area contributed by atoms with Gasteiger partial charge in [-0.05, 0) is 63.3 Å². The molecule has 5 rings (SSSR count). The molecule has 3 N–H and O–H groups in total. The van der Waals surface area contributed by atoms with E-state index in [0.29, 0.717) is 6.04 Å². The summed E-state index contributed by atoms with van der Waals surface area (Å²) in [5.41, 5.74) is 2.70. The summed E-state index contributed by atoms with van der Waals surface area (Å²) in [6.45, 7) is 0.873. The van der Waals surface area contributed by atoms with Crippen molar-refractivity contribution in [1.29, 1.82) is 0 Å². The molecule has 0 bridgehead atoms. The lowest BCUT2D eigenvalue weighted by atomic mass is 9.90. The molecule has 6 nitrogen and oxygen atoms in total. The molecule has 3 heterocycles. The number of anilines is 1. The van der Waals surface area contributed by atoms with Crippen LogP contribution in [0.25, 0.3) is 10.9 Å². The number of aromatic amines is 1. The summed E-state index contributed by atoms with van der Waals surface area (Å²) in [5.74, 6) is 0.801. The monoisotopic (exact) mass is 474 g/mol. The smallest absolute Gasteiger partial charge is 0.326 e. The van der Waals surface area contributed by atoms with E-state index in [0.717, 1.165) is 70.3 Å². The minimum Gasteiger partial charge on any atom is -0.468 e. The summed E-state index contributed by atoms with van der Waals surface area (Å²) in [6.07, 6.45) is 8.51. The molecule has 0 radical (unpaired) electrons. The number of hydrogen-bond donors (Lipinski definition) is 3. The van der Waals surface area contributed by atoms with Gasteiger partial charge in [-0.25, -0.2) is 0 Å². The van der Waals surface area contributed by atoms with Crippen LogP contribution in [0.4, 0.5) is 5.69 Å². The van der Waals surface area contributed by atoms with E-state index in [1.807, 2.05) is 12.1 Å². The number of fused-ring (bicyclic) bond motifs is 1. The van der Waals surface area contributed by atoms with E-state index in [4.69, 9.17) is 21.3 Å². The second-order valence-electron chi connectivity index (χ2n) is 9.27. The summed E-state index contributed by atoms with van der Waals surface area (Å²) in [7, 11) is 1.48. The fourth-order valence-electron chi connectivity index (χ4n) is 5.34. The molecule has 0 amide bonds. The molecule has 1 saturated carbocycles. The first kappa shape index (κ1) is 22.1. The van der Waals surface area contributed by atoms with Crippen molar-refractivity contribution < 1.29 is 9.53 Å². The van der Waals surface area contributed by atoms with E-state index in [1.165, 1.54) is 32.8 Å². The number of halogens is 1. The fourth-order valence-corrected chi connectivity index (χ4v) is 6.65. The average Bonchev–Trinajstić information content (AvgIpc) is 3.58. The number of rotatable bonds is 7. The molecule has 8 heteroatoms. The highest BCUT2D eigenvalue weighted by Gasteiger charge is 2.42. The summed E-state index contributed by atoms with van der Waals surface area (Å²) in [4.78, 5) is 21.0. The van der Waals surface area contributed by atoms with Gasteiger partial charge in [0.2, 0.25) is 0 Å². The standard InChI is InChI=1S/C24H31ClN4O2S/c1-31-23(30)24(8-4-10-26-24)9-7-18-14-32-22(28-18)20-12-15-11-16(25)13-19(21(15)29-20)27-17-5-2-3-6-17/h11-13,17-18,26-27,29H,2-10,14H2,1H3/t18-,24?/m1/s1. The first-order chi connectivity index (χ1) is 15.6. The molecule has 0 spiro atoms. The molecule has 2 aliphatic heterocycles. The van der Waals surface area contributed by atoms with Crippen LogP contribution in [0, 0.1) is 0 Å². The van der Waals surface area contributed by atoms with Crippen LogP contribution in [0.2, 0.25) is 5.02 Å². The quantitative estimate of drug-likeness (QED) is 0.486. The number of aliphatic imine (C=N–C) groups is 1. The van der Waals surface area contributed by atoms with E-state index in [1.54, 1.807) is 11.8 Å². The third kappa shape index (κ3) is 4.39. The number of aromatic nitrogens is 1. The number of carbonyl (C=O) groups is 1. The SMILES string of the molecule is COC(=O)C1(CC[C@@H]2CSC(c3cc4cc(Cl)cc(NC5CCCC5)c4[nH]3)=N2)CCCN1. The number of carbonyl (C=O) groups excluding carboxylic acids is 1. The van der Waals surface area contributed by atoms with Crippen LogP contribution in [0.5, 0.6) is 0 Å². The minimum atomic E-state index is -0.531. The first-order valence-electron chi connectivity index (χ1n) is 11.7. The normalized spacial score (nSPS) is 26.1. The zero-order valence-electron chi connectivity index (χ0n) is 18.5. The van der Waals surface area contributed by atoms with Crippen molar-refractivity contribution in [3.8, 4) is 0 Å². The van der Waals surface area contributed by atoms with Crippen molar-refractivity contribution in [1.82, 2.24) is 10.3 Å². The van der Waals surface area contributed by atoms with Crippen molar-refractivity contribution in [3.05, 3.63) is 28.9 Å². The van der Waals surface area contributed by atoms with E-state index >= 15 is 0 Å². The summed E-state index contributed by atoms with van der Waals surface area (Å²) in [5, 5.41) is 9.99. The highest BCUT2D eigenvalue weighted by Crippen LogP contribution is 2.35. The number of hydrogen-bond acceptors (Lipinski definition) is 6. The Balaban J connectivity index is 1.32. The molecule has 1 aliphatic carbocycles. The molecule has 2 fully saturated rings. The molecule has 3 aliphatic rings. The van der Waals surface area contributed by atoms with Gasteiger partial charge in [0.05, 0.1) is 30.0 Å². The Morgan fingerprint density at radius 1 is 1.31 bits per heavy atom. The number of ether oxygens (including phenoxy) is 1. The Morgan fingerprint density at radius 2 is 2.16 bits per heavy atom. The summed E-state index contributed by atoms with van der Waals surface area (Å²) in [6, 6.07) is 6.93. The van der Waals surface area contributed by atoms with Crippen molar-refractivity contribution in [2.24, 2.45) is 4.99 Å². The van der Waals surface area contributed by atoms with Gasteiger partial charge in [-0.15, -0.1) is 11.8 Å². The number of H-pyrrole nitrogens is 1. The van der Waals surface area contributed by atoms with Gasteiger partial charge < -0.3 is 20.4 Å². The van der Waals surface area contributed by atoms with Gasteiger partial charge in [0, 0.05) is 22.2 Å². The molecule has 1 aromatic carbocycles. The topological polar surface area (TPSA) is 78.5 Å². The Hall–Kier alpha value is -1.70. The highest BCUT2D eigenvalue weighted by molar-refractivity contribution is 8.14. The molecular formula is C24H31ClN4O2S. The molecule has 1 aromatic heterocycles. The Kier molecular flexibility index (Phi) is 6.41. The lowest BCUT2D eigenvalue weighted by molar-refractivity contribution is -0.148. The lowest BCUT2D eigenvalue weighted by Gasteiger charge is -2.27. The van der Waals surface area contributed by atoms with Crippen LogP contribution in [-0.4, -0.2) is 53.0 Å². The molecule has 32 heavy (non-hydrogen) atoms. The van der Waals surface area contributed by atoms with E-state index in [9.17, 15) is 4.79 Å². The predicted molar refractivity (Wildman–Crippen MR) is 133 cm³/mol. The van der Waals surface area contributed by atoms with E-state index < -0.39 is 5.54 Å². The Bertz CT molecular complexity index is 1020. The third-order valence-electron chi connectivity index (χ3n) is 7.07. The molecule has 1 unspecified atom stereocenters. The fraction of sp³-hybridized carbons (Fsp3) is 0.583. The maximum atomic E-state index is 12.4. The predicted octanol–water partition coefficient (Wildman–Crippen LogP) is 5.11. The molecular weight excluding hydrogens is 444 g/mol. The van der Waals surface area contributed by atoms with Gasteiger partial charge in [-0.1, -0.05) is 24.4 Å². The second-order valence-corrected chi connectivity index (χ2v) is 10.7. The first-order valence-corrected chi connectivity index (χ1v) is 13.1. The van der Waals surface area contributed by atoms with Crippen LogP contribution in [0.1, 0.15) is 57.1 Å². The minimum absolute atomic E-state index is 0.139. The number of thioether (sulfide) groups is 1. The van der Waals surface area contributed by atoms with E-state index in [-0.39, 0.29) is 12.0 Å². The maximum absolute atomic E-state index is 12.4. The van der Waals surface area contributed by atoms with Crippen LogP contribution in [-0.2, 0) is 9.53 Å². The van der Waals surface area contributed by atoms with Crippen molar-refractivity contribution in [2.75, 3.05) is 24.7 Å². The summed E-state index contributed by atoms with van der Waals surface area (Å²) < 4.78 is 5.08. The maximum Gasteiger partial charge on any atom is 0.326 e. The van der Waals surface area contributed by atoms with Crippen LogP contribution in [0.15, 0.2) is 23.2 Å². The van der Waals surface area contributed by atoms with Crippen LogP contribution in [0.3, 0.4) is 0 Å². The molecule has 172 valence electrons. The van der Waals surface area contributed by atoms with Gasteiger partial charge in [-0.3, -0.25) is 9.79 Å². The molecule has 2 aromatic rings. The van der Waals surface area contributed by atoms with Gasteiger partial charge in [0.1, 0.15) is 10.6 Å². The molecule has 2 atom stereocenters. The van der Waals surface area contributed by atoms with Crippen LogP contribution < -0.4 is 10.6 Å². The van der Waals surface area contributed by atoms with Crippen molar-refractivity contribution in [2.45, 2.75) is 69.0 Å². The van der Waals surface area contributed by atoms with Gasteiger partial charge >= 0.3 is 5.97 Å². The van der Waals surface area contributed by atoms with Gasteiger partial charge in [-0.2, -0.15) is 0 Å². The largest absolute Gasteiger partial charge is 0.468 e. The lowest BCUT2D eigenvalue weighted by Crippen LogP contribution is -2.48. The zero-order valence-corrected chi connectivity index (χ0v) is 20.1. The number of nitrogens with one attached hydrogen (secondary N) is 3. The summed E-state index contributed by atoms with van der Waals surface area (Å²) >= 11 is 8.21. The number of esters is 1. The second kappa shape index (κ2) is 9.27. The highest BCUT2D eigenvalue weighted by atomic mass is 35.5. The number of nitrogens with zero attached hydrogens (tertiary/aromatic N) is 1. The Morgan fingerprint density at radius 3 is 2.91 bits per heavy atom. The van der Waals surface area contributed by atoms with Crippen LogP contribution >= 0.6 is 23.4 Å². The molecule has 1 saturated heterocycles. The number of benzene rings is 1. The third-order valence-corrected chi connectivity index (χ3v) is 8.44. The van der Waals surface area contributed by atoms with Crippen molar-refractivity contribution >= 4 is 51.0 Å². The van der Waals surface area contributed by atoms with E-state index in [2.05, 4.69) is 21.7 Å². The average molecular weight is 475 g/mol. The van der Waals surface area contributed by atoms with Gasteiger partial charge in [0.15, 0.2) is 0 Å².